The number of carbonyl (C=O) groups is 3. The highest BCUT2D eigenvalue weighted by atomic mass is 16.5. The van der Waals surface area contributed by atoms with E-state index in [-0.39, 0.29) is 53.9 Å². The zero-order valence-corrected chi connectivity index (χ0v) is 42.4. The molecular weight excluding hydrogens is 841 g/mol. The number of hydrogen-bond donors (Lipinski definition) is 2. The smallest absolute Gasteiger partial charge is 0.373 e. The fraction of sp³-hybridized carbons (Fsp3) is 0.536. The number of fused-ring (bicyclic) bond motifs is 5. The number of aliphatic hydroxyl groups is 1. The highest BCUT2D eigenvalue weighted by molar-refractivity contribution is 6.41. The van der Waals surface area contributed by atoms with Crippen molar-refractivity contribution in [1.29, 1.82) is 0 Å². The van der Waals surface area contributed by atoms with Gasteiger partial charge in [-0.2, -0.15) is 0 Å². The minimum atomic E-state index is -1.03. The first-order valence-corrected chi connectivity index (χ1v) is 24.5. The molecule has 4 aliphatic heterocycles. The van der Waals surface area contributed by atoms with Gasteiger partial charge in [0.15, 0.2) is 0 Å². The topological polar surface area (TPSA) is 152 Å². The van der Waals surface area contributed by atoms with Gasteiger partial charge in [0.25, 0.3) is 0 Å². The Kier molecular flexibility index (Phi) is 18.7. The normalized spacial score (nSPS) is 19.9. The van der Waals surface area contributed by atoms with Crippen LogP contribution in [0.5, 0.6) is 0 Å². The van der Waals surface area contributed by atoms with E-state index in [9.17, 15) is 19.5 Å². The molecule has 4 atom stereocenters. The molecular formula is C56H76N4O7. The van der Waals surface area contributed by atoms with Gasteiger partial charge in [-0.05, 0) is 118 Å². The number of allylic oxidation sites excluding steroid dienone is 7. The lowest BCUT2D eigenvalue weighted by molar-refractivity contribution is -0.142. The number of methoxy groups -OCH3 is 2. The van der Waals surface area contributed by atoms with Crippen LogP contribution in [-0.2, 0) is 28.6 Å². The van der Waals surface area contributed by atoms with E-state index < -0.39 is 23.6 Å². The molecule has 1 aromatic rings. The number of carbonyl (C=O) groups excluding carboxylic acids is 3. The summed E-state index contributed by atoms with van der Waals surface area (Å²) >= 11 is 0. The van der Waals surface area contributed by atoms with Crippen LogP contribution in [0, 0.1) is 36.5 Å². The predicted molar refractivity (Wildman–Crippen MR) is 273 cm³/mol. The van der Waals surface area contributed by atoms with Crippen molar-refractivity contribution in [3.63, 3.8) is 0 Å². The van der Waals surface area contributed by atoms with Crippen molar-refractivity contribution in [2.45, 2.75) is 146 Å². The number of nitrogens with zero attached hydrogens (tertiary/aromatic N) is 3. The Morgan fingerprint density at radius 3 is 2.13 bits per heavy atom. The van der Waals surface area contributed by atoms with E-state index in [2.05, 4.69) is 53.1 Å². The van der Waals surface area contributed by atoms with Crippen molar-refractivity contribution < 1.29 is 33.7 Å². The Labute approximate surface area is 399 Å². The summed E-state index contributed by atoms with van der Waals surface area (Å²) in [5.74, 6) is -1.45. The molecule has 67 heavy (non-hydrogen) atoms. The molecule has 5 rings (SSSR count). The quantitative estimate of drug-likeness (QED) is 0.0409. The van der Waals surface area contributed by atoms with Gasteiger partial charge in [-0.3, -0.25) is 9.79 Å². The van der Waals surface area contributed by atoms with Crippen molar-refractivity contribution >= 4 is 53.3 Å². The maximum atomic E-state index is 13.7. The average Bonchev–Trinajstić information content (AvgIpc) is 3.97. The molecule has 11 heteroatoms. The third-order valence-electron chi connectivity index (χ3n) is 14.0. The summed E-state index contributed by atoms with van der Waals surface area (Å²) in [5, 5.41) is 11.9. The van der Waals surface area contributed by atoms with Crippen LogP contribution in [0.1, 0.15) is 162 Å². The van der Waals surface area contributed by atoms with Gasteiger partial charge in [0.2, 0.25) is 5.76 Å². The monoisotopic (exact) mass is 917 g/mol. The van der Waals surface area contributed by atoms with Crippen molar-refractivity contribution in [2.75, 3.05) is 20.8 Å². The van der Waals surface area contributed by atoms with Gasteiger partial charge in [0, 0.05) is 40.9 Å². The van der Waals surface area contributed by atoms with E-state index in [4.69, 9.17) is 29.2 Å². The summed E-state index contributed by atoms with van der Waals surface area (Å²) in [7, 11) is 2.44. The molecule has 362 valence electrons. The van der Waals surface area contributed by atoms with E-state index in [0.717, 1.165) is 64.0 Å². The van der Waals surface area contributed by atoms with Crippen LogP contribution in [0.25, 0.3) is 18.2 Å². The van der Waals surface area contributed by atoms with Gasteiger partial charge in [0.05, 0.1) is 53.9 Å². The number of aliphatic hydroxyl groups excluding tert-OH is 1. The number of aromatic amines is 1. The second-order valence-corrected chi connectivity index (χ2v) is 19.5. The molecule has 8 bridgehead atoms. The summed E-state index contributed by atoms with van der Waals surface area (Å²) in [4.78, 5) is 59.3. The molecule has 1 aromatic heterocycles. The van der Waals surface area contributed by atoms with Gasteiger partial charge >= 0.3 is 17.9 Å². The van der Waals surface area contributed by atoms with Crippen LogP contribution < -0.4 is 0 Å². The van der Waals surface area contributed by atoms with Crippen LogP contribution in [-0.4, -0.2) is 66.0 Å². The first kappa shape index (κ1) is 52.4. The van der Waals surface area contributed by atoms with E-state index >= 15 is 0 Å². The molecule has 11 nitrogen and oxygen atoms in total. The minimum Gasteiger partial charge on any atom is -0.501 e. The number of aromatic nitrogens is 1. The maximum absolute atomic E-state index is 13.7. The van der Waals surface area contributed by atoms with Crippen molar-refractivity contribution in [3.05, 3.63) is 97.5 Å². The van der Waals surface area contributed by atoms with Crippen LogP contribution >= 0.6 is 0 Å². The second-order valence-electron chi connectivity index (χ2n) is 19.5. The first-order valence-electron chi connectivity index (χ1n) is 24.5. The van der Waals surface area contributed by atoms with Gasteiger partial charge in [-0.25, -0.2) is 19.6 Å². The standard InChI is InChI=1S/C56H76N4O7/c1-14-40-36(8)43-29-45-38(10)42(25-26-49(61)67-28-27-35(7)24-18-23-34(6)22-17-21-33(5)20-16-19-32(3)4)52(59-45)51(54(62)56(64)66-13)53-50(55(63)65-12)39(11)46(60-53)31-48-41(15-2)37(9)44(58-48)30-47(40)57-43/h14,27,29-34,38,42,57,62H,1,15-26,28H2,2-13H3/b35-27+,44-30?,45-29?,46-31?,54-51-/t33-,34-,38+,42+/m1/s1. The molecule has 4 aliphatic rings. The van der Waals surface area contributed by atoms with Gasteiger partial charge < -0.3 is 24.3 Å². The second kappa shape index (κ2) is 23.9. The number of rotatable bonds is 21. The van der Waals surface area contributed by atoms with Crippen LogP contribution in [0.3, 0.4) is 0 Å². The van der Waals surface area contributed by atoms with Gasteiger partial charge in [0.1, 0.15) is 6.61 Å². The zero-order chi connectivity index (χ0) is 49.1. The highest BCUT2D eigenvalue weighted by Gasteiger charge is 2.42. The number of hydrogen-bond acceptors (Lipinski definition) is 10. The summed E-state index contributed by atoms with van der Waals surface area (Å²) in [6, 6.07) is 0. The number of esters is 3. The first-order chi connectivity index (χ1) is 31.9. The lowest BCUT2D eigenvalue weighted by Crippen LogP contribution is -2.29. The van der Waals surface area contributed by atoms with E-state index in [1.54, 1.807) is 6.92 Å². The molecule has 2 N–H and O–H groups in total. The summed E-state index contributed by atoms with van der Waals surface area (Å²) in [5.41, 5.74) is 9.98. The molecule has 0 aliphatic carbocycles. The molecule has 0 unspecified atom stereocenters. The van der Waals surface area contributed by atoms with Crippen molar-refractivity contribution in [1.82, 2.24) is 4.98 Å². The van der Waals surface area contributed by atoms with Crippen LogP contribution in [0.2, 0.25) is 0 Å². The highest BCUT2D eigenvalue weighted by Crippen LogP contribution is 2.42. The third-order valence-corrected chi connectivity index (χ3v) is 14.0. The fourth-order valence-electron chi connectivity index (χ4n) is 9.71. The minimum absolute atomic E-state index is 0.0166. The number of ether oxygens (including phenoxy) is 3. The number of nitrogens with one attached hydrogen (secondary N) is 1. The molecule has 0 fully saturated rings. The van der Waals surface area contributed by atoms with Gasteiger partial charge in [-0.15, -0.1) is 0 Å². The lowest BCUT2D eigenvalue weighted by atomic mass is 9.81. The Balaban J connectivity index is 1.41. The predicted octanol–water partition coefficient (Wildman–Crippen LogP) is 13.1. The van der Waals surface area contributed by atoms with E-state index in [0.29, 0.717) is 35.0 Å². The Morgan fingerprint density at radius 1 is 0.851 bits per heavy atom. The van der Waals surface area contributed by atoms with Crippen molar-refractivity contribution in [2.24, 2.45) is 44.6 Å². The Hall–Kier alpha value is -5.58. The SMILES string of the molecule is C=Cc1c2[nH]c(c1C)C=C1N=C(/C(=C(/O)C(=O)OC)C3=NC(=CC4=NC(=C2)C(C)=C4CC)C(C)=C3C(=O)OC)[C@@H](CCC(=O)OC/C=C(\C)CCC[C@H](C)CCC[C@H](C)CCCC(C)C)[C@@H]1C. The van der Waals surface area contributed by atoms with Gasteiger partial charge in [-0.1, -0.05) is 105 Å². The molecule has 0 saturated carbocycles. The molecule has 5 heterocycles. The molecule has 0 aromatic carbocycles. The fourth-order valence-corrected chi connectivity index (χ4v) is 9.71. The van der Waals surface area contributed by atoms with E-state index in [1.807, 2.05) is 51.2 Å². The molecule has 0 radical (unpaired) electrons. The third kappa shape index (κ3) is 12.7. The summed E-state index contributed by atoms with van der Waals surface area (Å²) in [6.07, 6.45) is 21.7. The van der Waals surface area contributed by atoms with E-state index in [1.165, 1.54) is 64.7 Å². The van der Waals surface area contributed by atoms with Crippen LogP contribution in [0.15, 0.2) is 90.0 Å². The summed E-state index contributed by atoms with van der Waals surface area (Å²) < 4.78 is 16.1. The Bertz CT molecular complexity index is 2400. The lowest BCUT2D eigenvalue weighted by Gasteiger charge is -2.21. The maximum Gasteiger partial charge on any atom is 0.373 e. The Morgan fingerprint density at radius 2 is 1.51 bits per heavy atom. The van der Waals surface area contributed by atoms with Crippen molar-refractivity contribution in [3.8, 4) is 0 Å². The largest absolute Gasteiger partial charge is 0.501 e. The molecule has 0 saturated heterocycles. The molecule has 0 spiro atoms. The summed E-state index contributed by atoms with van der Waals surface area (Å²) in [6.45, 7) is 25.6. The van der Waals surface area contributed by atoms with Crippen LogP contribution in [0.4, 0.5) is 0 Å². The average molecular weight is 917 g/mol. The zero-order valence-electron chi connectivity index (χ0n) is 42.4. The number of aliphatic imine (C=N–C) groups is 3. The molecule has 0 amide bonds. The number of H-pyrrole nitrogens is 1.